The Morgan fingerprint density at radius 3 is 2.70 bits per heavy atom. The molecule has 1 heterocycles. The molecule has 3 rings (SSSR count). The summed E-state index contributed by atoms with van der Waals surface area (Å²) in [6.07, 6.45) is 2.14. The van der Waals surface area contributed by atoms with Gasteiger partial charge >= 0.3 is 5.97 Å². The third-order valence-corrected chi connectivity index (χ3v) is 4.78. The highest BCUT2D eigenvalue weighted by Crippen LogP contribution is 2.26. The first kappa shape index (κ1) is 21.4. The number of carbonyl (C=O) groups excluding carboxylic acids is 3. The van der Waals surface area contributed by atoms with Crippen LogP contribution in [0.3, 0.4) is 0 Å². The fourth-order valence-electron chi connectivity index (χ4n) is 3.09. The average Bonchev–Trinajstić information content (AvgIpc) is 2.75. The van der Waals surface area contributed by atoms with Gasteiger partial charge in [-0.25, -0.2) is 4.79 Å². The van der Waals surface area contributed by atoms with Crippen LogP contribution < -0.4 is 15.4 Å². The third kappa shape index (κ3) is 6.62. The lowest BCUT2D eigenvalue weighted by atomic mass is 10.0. The van der Waals surface area contributed by atoms with Crippen molar-refractivity contribution in [2.75, 3.05) is 25.1 Å². The number of esters is 1. The molecule has 2 N–H and O–H groups in total. The van der Waals surface area contributed by atoms with Gasteiger partial charge in [0.25, 0.3) is 0 Å². The monoisotopic (exact) mass is 410 g/mol. The Kier molecular flexibility index (Phi) is 7.43. The first-order valence-corrected chi connectivity index (χ1v) is 10.0. The first-order chi connectivity index (χ1) is 14.5. The zero-order valence-corrected chi connectivity index (χ0v) is 17.0. The quantitative estimate of drug-likeness (QED) is 0.490. The number of nitrogens with one attached hydrogen (secondary N) is 2. The molecule has 2 aromatic rings. The fourth-order valence-corrected chi connectivity index (χ4v) is 3.09. The lowest BCUT2D eigenvalue weighted by Gasteiger charge is -2.17. The van der Waals surface area contributed by atoms with E-state index in [2.05, 4.69) is 10.6 Å². The van der Waals surface area contributed by atoms with Gasteiger partial charge in [0.1, 0.15) is 12.4 Å². The van der Waals surface area contributed by atoms with Gasteiger partial charge in [-0.15, -0.1) is 0 Å². The Morgan fingerprint density at radius 1 is 1.10 bits per heavy atom. The predicted octanol–water partition coefficient (Wildman–Crippen LogP) is 2.55. The van der Waals surface area contributed by atoms with E-state index in [9.17, 15) is 14.4 Å². The predicted molar refractivity (Wildman–Crippen MR) is 112 cm³/mol. The van der Waals surface area contributed by atoms with E-state index in [1.807, 2.05) is 37.3 Å². The highest BCUT2D eigenvalue weighted by atomic mass is 16.6. The second kappa shape index (κ2) is 10.4. The molecular weight excluding hydrogens is 384 g/mol. The van der Waals surface area contributed by atoms with Crippen molar-refractivity contribution in [2.24, 2.45) is 0 Å². The average molecular weight is 410 g/mol. The van der Waals surface area contributed by atoms with Crippen LogP contribution >= 0.6 is 0 Å². The van der Waals surface area contributed by atoms with Gasteiger partial charge in [-0.2, -0.15) is 0 Å². The lowest BCUT2D eigenvalue weighted by molar-refractivity contribution is -0.146. The zero-order chi connectivity index (χ0) is 21.3. The van der Waals surface area contributed by atoms with E-state index in [-0.39, 0.29) is 31.6 Å². The van der Waals surface area contributed by atoms with Crippen molar-refractivity contribution in [1.29, 1.82) is 0 Å². The van der Waals surface area contributed by atoms with E-state index in [4.69, 9.17) is 9.47 Å². The molecule has 158 valence electrons. The minimum absolute atomic E-state index is 0.00184. The van der Waals surface area contributed by atoms with E-state index < -0.39 is 5.97 Å². The summed E-state index contributed by atoms with van der Waals surface area (Å²) < 4.78 is 10.5. The summed E-state index contributed by atoms with van der Waals surface area (Å²) in [7, 11) is 0. The minimum atomic E-state index is -0.505. The number of benzene rings is 2. The first-order valence-electron chi connectivity index (χ1n) is 10.0. The molecule has 0 saturated carbocycles. The number of carbonyl (C=O) groups is 3. The van der Waals surface area contributed by atoms with Crippen LogP contribution in [0.4, 0.5) is 5.69 Å². The van der Waals surface area contributed by atoms with Crippen LogP contribution in [0.2, 0.25) is 0 Å². The van der Waals surface area contributed by atoms with Crippen molar-refractivity contribution in [1.82, 2.24) is 5.32 Å². The molecule has 0 bridgehead atoms. The summed E-state index contributed by atoms with van der Waals surface area (Å²) >= 11 is 0. The number of amides is 2. The zero-order valence-electron chi connectivity index (χ0n) is 17.0. The molecule has 2 aromatic carbocycles. The number of ether oxygens (including phenoxy) is 2. The maximum atomic E-state index is 11.9. The molecule has 1 aliphatic rings. The molecule has 0 spiro atoms. The van der Waals surface area contributed by atoms with Gasteiger partial charge in [0.05, 0.1) is 6.54 Å². The smallest absolute Gasteiger partial charge is 0.344 e. The third-order valence-electron chi connectivity index (χ3n) is 4.78. The van der Waals surface area contributed by atoms with Crippen LogP contribution in [-0.2, 0) is 32.0 Å². The molecule has 2 amide bonds. The van der Waals surface area contributed by atoms with Crippen LogP contribution in [-0.4, -0.2) is 37.5 Å². The summed E-state index contributed by atoms with van der Waals surface area (Å²) in [5.41, 5.74) is 4.06. The Morgan fingerprint density at radius 2 is 1.90 bits per heavy atom. The fraction of sp³-hybridized carbons (Fsp3) is 0.348. The summed E-state index contributed by atoms with van der Waals surface area (Å²) in [6, 6.07) is 13.4. The van der Waals surface area contributed by atoms with Gasteiger partial charge in [0.15, 0.2) is 6.61 Å². The summed E-state index contributed by atoms with van der Waals surface area (Å²) in [4.78, 5) is 35.1. The van der Waals surface area contributed by atoms with E-state index in [1.165, 1.54) is 5.56 Å². The SMILES string of the molecule is Cc1ccc(CCC(=O)NCCOC(=O)COc2ccc3c(c2)CCC(=O)N3)cc1. The molecule has 0 aliphatic carbocycles. The van der Waals surface area contributed by atoms with Crippen LogP contribution in [0.5, 0.6) is 5.75 Å². The molecule has 1 aliphatic heterocycles. The van der Waals surface area contributed by atoms with Gasteiger partial charge in [0, 0.05) is 18.5 Å². The molecule has 0 aromatic heterocycles. The Labute approximate surface area is 175 Å². The number of fused-ring (bicyclic) bond motifs is 1. The normalized spacial score (nSPS) is 12.5. The molecule has 0 fully saturated rings. The molecule has 0 unspecified atom stereocenters. The van der Waals surface area contributed by atoms with Gasteiger partial charge < -0.3 is 20.1 Å². The second-order valence-corrected chi connectivity index (χ2v) is 7.21. The highest BCUT2D eigenvalue weighted by molar-refractivity contribution is 5.94. The number of hydrogen-bond acceptors (Lipinski definition) is 5. The van der Waals surface area contributed by atoms with E-state index in [1.54, 1.807) is 12.1 Å². The van der Waals surface area contributed by atoms with Crippen molar-refractivity contribution >= 4 is 23.5 Å². The molecule has 0 saturated heterocycles. The maximum Gasteiger partial charge on any atom is 0.344 e. The Balaban J connectivity index is 1.29. The van der Waals surface area contributed by atoms with E-state index in [0.29, 0.717) is 31.4 Å². The number of hydrogen-bond donors (Lipinski definition) is 2. The number of rotatable bonds is 9. The Bertz CT molecular complexity index is 908. The van der Waals surface area contributed by atoms with E-state index in [0.717, 1.165) is 16.8 Å². The number of anilines is 1. The van der Waals surface area contributed by atoms with Gasteiger partial charge in [-0.05, 0) is 49.1 Å². The lowest BCUT2D eigenvalue weighted by Crippen LogP contribution is -2.29. The van der Waals surface area contributed by atoms with Crippen molar-refractivity contribution in [2.45, 2.75) is 32.6 Å². The van der Waals surface area contributed by atoms with Gasteiger partial charge in [-0.3, -0.25) is 9.59 Å². The summed E-state index contributed by atoms with van der Waals surface area (Å²) in [6.45, 7) is 2.16. The van der Waals surface area contributed by atoms with Crippen LogP contribution in [0, 0.1) is 6.92 Å². The van der Waals surface area contributed by atoms with Crippen molar-refractivity contribution in [3.05, 3.63) is 59.2 Å². The molecule has 0 atom stereocenters. The molecule has 30 heavy (non-hydrogen) atoms. The molecule has 0 radical (unpaired) electrons. The summed E-state index contributed by atoms with van der Waals surface area (Å²) in [5.74, 6) is -0.0350. The van der Waals surface area contributed by atoms with Crippen LogP contribution in [0.15, 0.2) is 42.5 Å². The van der Waals surface area contributed by atoms with Crippen molar-refractivity contribution in [3.8, 4) is 5.75 Å². The largest absolute Gasteiger partial charge is 0.482 e. The van der Waals surface area contributed by atoms with Crippen LogP contribution in [0.25, 0.3) is 0 Å². The topological polar surface area (TPSA) is 93.7 Å². The molecule has 7 heteroatoms. The van der Waals surface area contributed by atoms with Crippen molar-refractivity contribution < 1.29 is 23.9 Å². The molecule has 7 nitrogen and oxygen atoms in total. The Hall–Kier alpha value is -3.35. The number of aryl methyl sites for hydroxylation is 3. The highest BCUT2D eigenvalue weighted by Gasteiger charge is 2.15. The second-order valence-electron chi connectivity index (χ2n) is 7.21. The van der Waals surface area contributed by atoms with Crippen LogP contribution in [0.1, 0.15) is 29.5 Å². The van der Waals surface area contributed by atoms with E-state index >= 15 is 0 Å². The standard InChI is InChI=1S/C23H26N2O5/c1-16-2-4-17(5-3-16)6-10-21(26)24-12-13-29-23(28)15-30-19-8-9-20-18(14-19)7-11-22(27)25-20/h2-5,8-9,14H,6-7,10-13,15H2,1H3,(H,24,26)(H,25,27). The minimum Gasteiger partial charge on any atom is -0.482 e. The maximum absolute atomic E-state index is 11.9. The van der Waals surface area contributed by atoms with Gasteiger partial charge in [0.2, 0.25) is 11.8 Å². The van der Waals surface area contributed by atoms with Crippen molar-refractivity contribution in [3.63, 3.8) is 0 Å². The van der Waals surface area contributed by atoms with Gasteiger partial charge in [-0.1, -0.05) is 29.8 Å². The molecular formula is C23H26N2O5. The summed E-state index contributed by atoms with van der Waals surface area (Å²) in [5, 5.41) is 5.53.